The molecule has 0 radical (unpaired) electrons. The number of nitrogens with zero attached hydrogens (tertiary/aromatic N) is 1. The van der Waals surface area contributed by atoms with Crippen LogP contribution in [0.4, 0.5) is 5.69 Å². The highest BCUT2D eigenvalue weighted by atomic mass is 16.3. The molecule has 0 atom stereocenters. The average Bonchev–Trinajstić information content (AvgIpc) is 3.21. The van der Waals surface area contributed by atoms with Crippen molar-refractivity contribution in [3.8, 4) is 5.69 Å². The quantitative estimate of drug-likeness (QED) is 0.728. The summed E-state index contributed by atoms with van der Waals surface area (Å²) >= 11 is 0. The van der Waals surface area contributed by atoms with E-state index in [2.05, 4.69) is 5.32 Å². The van der Waals surface area contributed by atoms with Crippen molar-refractivity contribution >= 4 is 11.6 Å². The van der Waals surface area contributed by atoms with Crippen LogP contribution in [0.2, 0.25) is 0 Å². The van der Waals surface area contributed by atoms with Crippen LogP contribution >= 0.6 is 0 Å². The second-order valence-electron chi connectivity index (χ2n) is 4.93. The molecule has 2 aromatic heterocycles. The van der Waals surface area contributed by atoms with Gasteiger partial charge in [0.15, 0.2) is 12.3 Å². The van der Waals surface area contributed by atoms with E-state index in [1.54, 1.807) is 6.26 Å². The molecule has 3 rings (SSSR count). The fourth-order valence-corrected chi connectivity index (χ4v) is 2.28. The molecule has 0 saturated heterocycles. The van der Waals surface area contributed by atoms with E-state index in [0.29, 0.717) is 13.1 Å². The summed E-state index contributed by atoms with van der Waals surface area (Å²) in [5, 5.41) is 4.87. The van der Waals surface area contributed by atoms with Crippen molar-refractivity contribution in [1.82, 2.24) is 4.57 Å². The number of quaternary nitrogens is 1. The van der Waals surface area contributed by atoms with E-state index in [1.165, 1.54) is 0 Å². The summed E-state index contributed by atoms with van der Waals surface area (Å²) in [4.78, 5) is 12.1. The van der Waals surface area contributed by atoms with Crippen molar-refractivity contribution in [2.75, 3.05) is 11.9 Å². The summed E-state index contributed by atoms with van der Waals surface area (Å²) in [6.45, 7) is 1.00. The number of anilines is 1. The van der Waals surface area contributed by atoms with Crippen LogP contribution in [0.1, 0.15) is 5.76 Å². The summed E-state index contributed by atoms with van der Waals surface area (Å²) in [7, 11) is 0. The second kappa shape index (κ2) is 6.78. The van der Waals surface area contributed by atoms with Gasteiger partial charge in [-0.15, -0.1) is 0 Å². The fraction of sp³-hybridized carbons (Fsp3) is 0.118. The number of benzene rings is 1. The molecule has 1 aromatic carbocycles. The van der Waals surface area contributed by atoms with Gasteiger partial charge in [0.2, 0.25) is 0 Å². The molecule has 0 aliphatic heterocycles. The van der Waals surface area contributed by atoms with Crippen LogP contribution in [0.25, 0.3) is 5.69 Å². The Balaban J connectivity index is 1.60. The van der Waals surface area contributed by atoms with Gasteiger partial charge in [0.25, 0.3) is 5.91 Å². The molecule has 0 bridgehead atoms. The Bertz CT molecular complexity index is 718. The summed E-state index contributed by atoms with van der Waals surface area (Å²) < 4.78 is 7.21. The zero-order chi connectivity index (χ0) is 15.2. The van der Waals surface area contributed by atoms with Crippen LogP contribution in [0.15, 0.2) is 71.6 Å². The van der Waals surface area contributed by atoms with Crippen LogP contribution in [0.3, 0.4) is 0 Å². The number of rotatable bonds is 6. The third-order valence-electron chi connectivity index (χ3n) is 3.32. The van der Waals surface area contributed by atoms with Gasteiger partial charge >= 0.3 is 0 Å². The van der Waals surface area contributed by atoms with Crippen molar-refractivity contribution in [1.29, 1.82) is 0 Å². The first-order valence-corrected chi connectivity index (χ1v) is 7.19. The molecule has 0 unspecified atom stereocenters. The highest BCUT2D eigenvalue weighted by molar-refractivity contribution is 5.93. The number of nitrogens with two attached hydrogens (primary N) is 1. The fourth-order valence-electron chi connectivity index (χ4n) is 2.28. The zero-order valence-corrected chi connectivity index (χ0v) is 12.1. The predicted molar refractivity (Wildman–Crippen MR) is 83.6 cm³/mol. The zero-order valence-electron chi connectivity index (χ0n) is 12.1. The van der Waals surface area contributed by atoms with Crippen LogP contribution in [0, 0.1) is 0 Å². The summed E-state index contributed by atoms with van der Waals surface area (Å²) in [6.07, 6.45) is 5.54. The van der Waals surface area contributed by atoms with Crippen molar-refractivity contribution in [3.05, 3.63) is 72.9 Å². The standard InChI is InChI=1S/C17H17N3O2/c21-17(13-18-12-14-6-5-11-22-14)19-15-7-1-2-8-16(15)20-9-3-4-10-20/h1-11,18H,12-13H2,(H,19,21)/p+1. The summed E-state index contributed by atoms with van der Waals surface area (Å²) in [5.74, 6) is 0.826. The molecule has 3 N–H and O–H groups in total. The van der Waals surface area contributed by atoms with Gasteiger partial charge in [-0.3, -0.25) is 4.79 Å². The van der Waals surface area contributed by atoms with Crippen molar-refractivity contribution in [2.45, 2.75) is 6.54 Å². The maximum atomic E-state index is 12.1. The van der Waals surface area contributed by atoms with E-state index in [0.717, 1.165) is 17.1 Å². The monoisotopic (exact) mass is 296 g/mol. The molecular weight excluding hydrogens is 278 g/mol. The van der Waals surface area contributed by atoms with E-state index in [1.807, 2.05) is 70.8 Å². The van der Waals surface area contributed by atoms with Gasteiger partial charge in [0.05, 0.1) is 17.6 Å². The molecule has 22 heavy (non-hydrogen) atoms. The lowest BCUT2D eigenvalue weighted by Gasteiger charge is -2.11. The van der Waals surface area contributed by atoms with Gasteiger partial charge in [-0.1, -0.05) is 12.1 Å². The van der Waals surface area contributed by atoms with Gasteiger partial charge in [-0.2, -0.15) is 0 Å². The predicted octanol–water partition coefficient (Wildman–Crippen LogP) is 1.77. The van der Waals surface area contributed by atoms with E-state index in [9.17, 15) is 4.79 Å². The molecule has 0 spiro atoms. The number of furan rings is 1. The Morgan fingerprint density at radius 3 is 2.68 bits per heavy atom. The molecular formula is C17H18N3O2+. The Kier molecular flexibility index (Phi) is 4.36. The topological polar surface area (TPSA) is 63.8 Å². The number of para-hydroxylation sites is 2. The second-order valence-corrected chi connectivity index (χ2v) is 4.93. The summed E-state index contributed by atoms with van der Waals surface area (Å²) in [5.41, 5.74) is 1.75. The lowest BCUT2D eigenvalue weighted by atomic mass is 10.2. The molecule has 1 amide bonds. The van der Waals surface area contributed by atoms with Crippen molar-refractivity contribution < 1.29 is 14.5 Å². The van der Waals surface area contributed by atoms with Crippen LogP contribution in [-0.2, 0) is 11.3 Å². The third kappa shape index (κ3) is 3.45. The molecule has 3 aromatic rings. The normalized spacial score (nSPS) is 10.5. The Morgan fingerprint density at radius 1 is 1.09 bits per heavy atom. The van der Waals surface area contributed by atoms with Gasteiger partial charge < -0.3 is 19.6 Å². The lowest BCUT2D eigenvalue weighted by Crippen LogP contribution is -2.84. The van der Waals surface area contributed by atoms with Gasteiger partial charge in [-0.25, -0.2) is 0 Å². The highest BCUT2D eigenvalue weighted by Crippen LogP contribution is 2.19. The van der Waals surface area contributed by atoms with Crippen molar-refractivity contribution in [2.24, 2.45) is 0 Å². The highest BCUT2D eigenvalue weighted by Gasteiger charge is 2.09. The minimum absolute atomic E-state index is 0.0360. The number of aromatic nitrogens is 1. The number of carbonyl (C=O) groups excluding carboxylic acids is 1. The minimum atomic E-state index is -0.0360. The molecule has 5 nitrogen and oxygen atoms in total. The number of hydrogen-bond donors (Lipinski definition) is 2. The molecule has 0 saturated carbocycles. The number of hydrogen-bond acceptors (Lipinski definition) is 2. The largest absolute Gasteiger partial charge is 0.463 e. The maximum Gasteiger partial charge on any atom is 0.279 e. The first-order valence-electron chi connectivity index (χ1n) is 7.19. The first kappa shape index (κ1) is 14.2. The Hall–Kier alpha value is -2.79. The van der Waals surface area contributed by atoms with Crippen molar-refractivity contribution in [3.63, 3.8) is 0 Å². The van der Waals surface area contributed by atoms with E-state index >= 15 is 0 Å². The number of nitrogens with one attached hydrogen (secondary N) is 1. The smallest absolute Gasteiger partial charge is 0.279 e. The van der Waals surface area contributed by atoms with Crippen LogP contribution < -0.4 is 10.6 Å². The van der Waals surface area contributed by atoms with Gasteiger partial charge in [0.1, 0.15) is 6.54 Å². The number of amides is 1. The molecule has 0 aliphatic carbocycles. The van der Waals surface area contributed by atoms with E-state index in [-0.39, 0.29) is 5.91 Å². The Labute approximate surface area is 128 Å². The van der Waals surface area contributed by atoms with E-state index in [4.69, 9.17) is 4.42 Å². The third-order valence-corrected chi connectivity index (χ3v) is 3.32. The number of carbonyl (C=O) groups is 1. The summed E-state index contributed by atoms with van der Waals surface area (Å²) in [6, 6.07) is 15.4. The van der Waals surface area contributed by atoms with Gasteiger partial charge in [-0.05, 0) is 36.4 Å². The Morgan fingerprint density at radius 2 is 1.91 bits per heavy atom. The molecule has 0 aliphatic rings. The molecule has 112 valence electrons. The van der Waals surface area contributed by atoms with Crippen LogP contribution in [0.5, 0.6) is 0 Å². The first-order chi connectivity index (χ1) is 10.8. The average molecular weight is 296 g/mol. The van der Waals surface area contributed by atoms with E-state index < -0.39 is 0 Å². The molecule has 0 fully saturated rings. The SMILES string of the molecule is O=C(C[NH2+]Cc1ccco1)Nc1ccccc1-n1cccc1. The molecule has 5 heteroatoms. The minimum Gasteiger partial charge on any atom is -0.463 e. The molecule has 2 heterocycles. The van der Waals surface area contributed by atoms with Crippen LogP contribution in [-0.4, -0.2) is 17.0 Å². The lowest BCUT2D eigenvalue weighted by molar-refractivity contribution is -0.661. The van der Waals surface area contributed by atoms with Gasteiger partial charge in [0, 0.05) is 12.4 Å². The maximum absolute atomic E-state index is 12.1.